The first-order valence-corrected chi connectivity index (χ1v) is 11.7. The van der Waals surface area contributed by atoms with Crippen LogP contribution >= 0.6 is 0 Å². The van der Waals surface area contributed by atoms with Crippen molar-refractivity contribution in [2.24, 2.45) is 17.8 Å². The SMILES string of the molecule is Cc1nc2ccccc2n1CCNC(=O)CCNC(=O)NC12CC3CC(CC(C3)C1)C2. The molecule has 6 rings (SSSR count). The number of aromatic nitrogens is 2. The summed E-state index contributed by atoms with van der Waals surface area (Å²) in [6, 6.07) is 7.91. The third-order valence-electron chi connectivity index (χ3n) is 7.56. The van der Waals surface area contributed by atoms with E-state index in [0.29, 0.717) is 19.6 Å². The fraction of sp³-hybridized carbons (Fsp3) is 0.625. The number of hydrogen-bond acceptors (Lipinski definition) is 3. The van der Waals surface area contributed by atoms with Crippen LogP contribution in [0.5, 0.6) is 0 Å². The second kappa shape index (κ2) is 8.17. The van der Waals surface area contributed by atoms with E-state index in [9.17, 15) is 9.59 Å². The van der Waals surface area contributed by atoms with Crippen molar-refractivity contribution < 1.29 is 9.59 Å². The zero-order valence-corrected chi connectivity index (χ0v) is 18.3. The minimum absolute atomic E-state index is 0.00647. The van der Waals surface area contributed by atoms with E-state index in [1.807, 2.05) is 31.2 Å². The number of hydrogen-bond donors (Lipinski definition) is 3. The number of carbonyl (C=O) groups is 2. The van der Waals surface area contributed by atoms with Crippen LogP contribution in [-0.2, 0) is 11.3 Å². The Balaban J connectivity index is 1.03. The van der Waals surface area contributed by atoms with E-state index in [1.165, 1.54) is 19.3 Å². The zero-order chi connectivity index (χ0) is 21.4. The smallest absolute Gasteiger partial charge is 0.315 e. The summed E-state index contributed by atoms with van der Waals surface area (Å²) in [7, 11) is 0. The lowest BCUT2D eigenvalue weighted by molar-refractivity contribution is -0.120. The highest BCUT2D eigenvalue weighted by Crippen LogP contribution is 2.55. The maximum Gasteiger partial charge on any atom is 0.315 e. The Bertz CT molecular complexity index is 946. The molecule has 4 saturated carbocycles. The van der Waals surface area contributed by atoms with Crippen LogP contribution in [0.25, 0.3) is 11.0 Å². The van der Waals surface area contributed by atoms with Gasteiger partial charge in [-0.1, -0.05) is 12.1 Å². The molecule has 0 aliphatic heterocycles. The maximum absolute atomic E-state index is 12.5. The van der Waals surface area contributed by atoms with Gasteiger partial charge < -0.3 is 20.5 Å². The number of carbonyl (C=O) groups excluding carboxylic acids is 2. The van der Waals surface area contributed by atoms with E-state index in [0.717, 1.165) is 53.9 Å². The van der Waals surface area contributed by atoms with Crippen LogP contribution in [0.3, 0.4) is 0 Å². The zero-order valence-electron chi connectivity index (χ0n) is 18.3. The maximum atomic E-state index is 12.5. The van der Waals surface area contributed by atoms with Crippen molar-refractivity contribution in [1.29, 1.82) is 0 Å². The Kier molecular flexibility index (Phi) is 5.36. The molecular weight excluding hydrogens is 390 g/mol. The Hall–Kier alpha value is -2.57. The van der Waals surface area contributed by atoms with Crippen LogP contribution in [0.2, 0.25) is 0 Å². The molecule has 4 fully saturated rings. The lowest BCUT2D eigenvalue weighted by Gasteiger charge is -2.56. The third-order valence-corrected chi connectivity index (χ3v) is 7.56. The second-order valence-corrected chi connectivity index (χ2v) is 9.98. The number of nitrogens with zero attached hydrogens (tertiary/aromatic N) is 2. The Morgan fingerprint density at radius 2 is 1.71 bits per heavy atom. The number of para-hydroxylation sites is 2. The van der Waals surface area contributed by atoms with Crippen molar-refractivity contribution in [3.05, 3.63) is 30.1 Å². The van der Waals surface area contributed by atoms with Gasteiger partial charge in [-0.25, -0.2) is 9.78 Å². The molecule has 0 unspecified atom stereocenters. The number of rotatable bonds is 7. The number of amides is 3. The van der Waals surface area contributed by atoms with Gasteiger partial charge in [-0.2, -0.15) is 0 Å². The number of aryl methyl sites for hydroxylation is 1. The molecule has 2 aromatic rings. The molecule has 4 bridgehead atoms. The van der Waals surface area contributed by atoms with Crippen molar-refractivity contribution in [3.63, 3.8) is 0 Å². The van der Waals surface area contributed by atoms with Gasteiger partial charge in [0.1, 0.15) is 5.82 Å². The number of imidazole rings is 1. The first-order chi connectivity index (χ1) is 15.0. The Morgan fingerprint density at radius 3 is 2.42 bits per heavy atom. The molecular formula is C24H33N5O2. The van der Waals surface area contributed by atoms with Gasteiger partial charge in [-0.3, -0.25) is 4.79 Å². The average Bonchev–Trinajstić information content (AvgIpc) is 3.02. The Morgan fingerprint density at radius 1 is 1.03 bits per heavy atom. The molecule has 0 spiro atoms. The van der Waals surface area contributed by atoms with Crippen molar-refractivity contribution in [3.8, 4) is 0 Å². The van der Waals surface area contributed by atoms with Crippen molar-refractivity contribution in [2.75, 3.05) is 13.1 Å². The predicted octanol–water partition coefficient (Wildman–Crippen LogP) is 3.12. The van der Waals surface area contributed by atoms with Gasteiger partial charge in [0.25, 0.3) is 0 Å². The highest BCUT2D eigenvalue weighted by molar-refractivity contribution is 5.78. The average molecular weight is 424 g/mol. The van der Waals surface area contributed by atoms with Gasteiger partial charge in [0.15, 0.2) is 0 Å². The summed E-state index contributed by atoms with van der Waals surface area (Å²) in [5, 5.41) is 9.14. The predicted molar refractivity (Wildman–Crippen MR) is 120 cm³/mol. The van der Waals surface area contributed by atoms with Crippen LogP contribution in [0, 0.1) is 24.7 Å². The molecule has 166 valence electrons. The topological polar surface area (TPSA) is 88.1 Å². The number of benzene rings is 1. The van der Waals surface area contributed by atoms with Gasteiger partial charge in [0.2, 0.25) is 5.91 Å². The van der Waals surface area contributed by atoms with Crippen molar-refractivity contribution in [1.82, 2.24) is 25.5 Å². The molecule has 1 aromatic carbocycles. The van der Waals surface area contributed by atoms with E-state index >= 15 is 0 Å². The minimum atomic E-state index is -0.115. The fourth-order valence-electron chi connectivity index (χ4n) is 6.71. The standard InChI is InChI=1S/C24H33N5O2/c1-16-27-20-4-2-3-5-21(20)29(16)9-8-25-22(30)6-7-26-23(31)28-24-13-17-10-18(14-24)12-19(11-17)15-24/h2-5,17-19H,6-15H2,1H3,(H,25,30)(H2,26,28,31). The molecule has 3 N–H and O–H groups in total. The summed E-state index contributed by atoms with van der Waals surface area (Å²) in [5.74, 6) is 3.30. The van der Waals surface area contributed by atoms with Crippen LogP contribution in [0.15, 0.2) is 24.3 Å². The van der Waals surface area contributed by atoms with Gasteiger partial charge in [0.05, 0.1) is 11.0 Å². The van der Waals surface area contributed by atoms with Crippen LogP contribution in [-0.4, -0.2) is 40.1 Å². The highest BCUT2D eigenvalue weighted by atomic mass is 16.2. The van der Waals surface area contributed by atoms with Gasteiger partial charge in [0, 0.05) is 31.6 Å². The van der Waals surface area contributed by atoms with Crippen molar-refractivity contribution in [2.45, 2.75) is 64.0 Å². The van der Waals surface area contributed by atoms with Gasteiger partial charge in [-0.15, -0.1) is 0 Å². The fourth-order valence-corrected chi connectivity index (χ4v) is 6.71. The molecule has 1 heterocycles. The first kappa shape index (κ1) is 20.3. The van der Waals surface area contributed by atoms with E-state index in [4.69, 9.17) is 0 Å². The van der Waals surface area contributed by atoms with Crippen LogP contribution in [0.4, 0.5) is 4.79 Å². The molecule has 31 heavy (non-hydrogen) atoms. The summed E-state index contributed by atoms with van der Waals surface area (Å²) < 4.78 is 2.12. The van der Waals surface area contributed by atoms with E-state index in [2.05, 4.69) is 25.5 Å². The molecule has 3 amide bonds. The summed E-state index contributed by atoms with van der Waals surface area (Å²) >= 11 is 0. The lowest BCUT2D eigenvalue weighted by atomic mass is 9.53. The summed E-state index contributed by atoms with van der Waals surface area (Å²) in [6.45, 7) is 3.56. The number of nitrogens with one attached hydrogen (secondary N) is 3. The molecule has 0 atom stereocenters. The third kappa shape index (κ3) is 4.27. The van der Waals surface area contributed by atoms with E-state index < -0.39 is 0 Å². The van der Waals surface area contributed by atoms with Gasteiger partial charge in [-0.05, 0) is 75.3 Å². The number of urea groups is 1. The second-order valence-electron chi connectivity index (χ2n) is 9.98. The van der Waals surface area contributed by atoms with Crippen LogP contribution < -0.4 is 16.0 Å². The monoisotopic (exact) mass is 423 g/mol. The largest absolute Gasteiger partial charge is 0.354 e. The first-order valence-electron chi connectivity index (χ1n) is 11.7. The number of fused-ring (bicyclic) bond motifs is 1. The summed E-state index contributed by atoms with van der Waals surface area (Å²) in [5.41, 5.74) is 2.06. The van der Waals surface area contributed by atoms with E-state index in [1.54, 1.807) is 0 Å². The Labute approximate surface area is 183 Å². The summed E-state index contributed by atoms with van der Waals surface area (Å²) in [4.78, 5) is 29.2. The lowest BCUT2D eigenvalue weighted by Crippen LogP contribution is -2.61. The normalized spacial score (nSPS) is 28.6. The van der Waals surface area contributed by atoms with Crippen LogP contribution in [0.1, 0.15) is 50.8 Å². The molecule has 4 aliphatic carbocycles. The molecule has 7 nitrogen and oxygen atoms in total. The van der Waals surface area contributed by atoms with Crippen molar-refractivity contribution >= 4 is 23.0 Å². The summed E-state index contributed by atoms with van der Waals surface area (Å²) in [6.07, 6.45) is 7.77. The molecule has 7 heteroatoms. The molecule has 4 aliphatic rings. The minimum Gasteiger partial charge on any atom is -0.354 e. The quantitative estimate of drug-likeness (QED) is 0.639. The van der Waals surface area contributed by atoms with E-state index in [-0.39, 0.29) is 23.9 Å². The highest BCUT2D eigenvalue weighted by Gasteiger charge is 2.51. The van der Waals surface area contributed by atoms with Gasteiger partial charge >= 0.3 is 6.03 Å². The molecule has 0 radical (unpaired) electrons. The molecule has 0 saturated heterocycles. The molecule has 1 aromatic heterocycles.